The number of rotatable bonds is 89. The van der Waals surface area contributed by atoms with E-state index in [0.29, 0.717) is 17.4 Å². The molecule has 0 aromatic carbocycles. The molecule has 0 aromatic rings. The van der Waals surface area contributed by atoms with E-state index in [4.69, 9.17) is 18.5 Å². The number of nitrogens with zero attached hydrogens (tertiary/aromatic N) is 1. The maximum atomic E-state index is 13.0. The van der Waals surface area contributed by atoms with E-state index in [1.165, 1.54) is 456 Å². The van der Waals surface area contributed by atoms with Crippen LogP contribution in [0.3, 0.4) is 0 Å². The molecule has 0 saturated carbocycles. The van der Waals surface area contributed by atoms with Gasteiger partial charge in [0.05, 0.1) is 27.7 Å². The fraction of sp³-hybridized carbons (Fsp3) is 0.978. The van der Waals surface area contributed by atoms with Crippen LogP contribution >= 0.6 is 7.82 Å². The van der Waals surface area contributed by atoms with Crippen molar-refractivity contribution in [2.75, 3.05) is 47.5 Å². The fourth-order valence-electron chi connectivity index (χ4n) is 14.9. The van der Waals surface area contributed by atoms with Crippen molar-refractivity contribution in [1.29, 1.82) is 0 Å². The van der Waals surface area contributed by atoms with Crippen LogP contribution in [0.5, 0.6) is 0 Å². The predicted octanol–water partition coefficient (Wildman–Crippen LogP) is 31.1. The standard InChI is InChI=1S/C91H182NO8P/c1-6-8-10-12-14-16-18-20-22-24-26-28-30-32-34-36-38-40-42-44-45-46-48-50-52-54-56-58-60-62-64-66-68-70-72-74-76-78-80-82-84-91(94)100-89(88-99-101(95,96)98-86-85-92(3,4)5)87-97-90(93)83-81-79-77-75-73-71-69-67-65-63-61-59-57-55-53-51-49-47-43-41-39-37-35-33-31-29-27-25-23-21-19-17-15-13-11-9-7-2/h89H,6-88H2,1-5H3/p+1. The van der Waals surface area contributed by atoms with Crippen LogP contribution in [-0.2, 0) is 32.7 Å². The third kappa shape index (κ3) is 87.8. The largest absolute Gasteiger partial charge is 0.472 e. The molecule has 604 valence electrons. The van der Waals surface area contributed by atoms with Gasteiger partial charge < -0.3 is 18.9 Å². The summed E-state index contributed by atoms with van der Waals surface area (Å²) >= 11 is 0. The highest BCUT2D eigenvalue weighted by Gasteiger charge is 2.27. The maximum Gasteiger partial charge on any atom is 0.472 e. The van der Waals surface area contributed by atoms with Crippen LogP contribution in [0.2, 0.25) is 0 Å². The smallest absolute Gasteiger partial charge is 0.462 e. The summed E-state index contributed by atoms with van der Waals surface area (Å²) in [4.78, 5) is 36.1. The Morgan fingerprint density at radius 1 is 0.267 bits per heavy atom. The number of hydrogen-bond acceptors (Lipinski definition) is 7. The summed E-state index contributed by atoms with van der Waals surface area (Å²) < 4.78 is 34.9. The number of ether oxygens (including phenoxy) is 2. The van der Waals surface area contributed by atoms with Gasteiger partial charge in [-0.05, 0) is 12.8 Å². The van der Waals surface area contributed by atoms with Crippen molar-refractivity contribution in [3.05, 3.63) is 0 Å². The van der Waals surface area contributed by atoms with Crippen molar-refractivity contribution >= 4 is 19.8 Å². The van der Waals surface area contributed by atoms with Crippen molar-refractivity contribution in [2.24, 2.45) is 0 Å². The Morgan fingerprint density at radius 3 is 0.634 bits per heavy atom. The SMILES string of the molecule is CCCCCCCCCCCCCCCCCCCCCCCCCCCCCCCCCCCCCCCCCCC(=O)OC(COC(=O)CCCCCCCCCCCCCCCCCCCCCCCCCCCCCCCCCCCCCCC)COP(=O)(O)OCC[N+](C)(C)C. The first-order chi connectivity index (χ1) is 49.5. The van der Waals surface area contributed by atoms with E-state index in [0.717, 1.165) is 38.5 Å². The molecular formula is C91H183NO8P+. The number of esters is 2. The molecule has 1 N–H and O–H groups in total. The number of phosphoric ester groups is 1. The predicted molar refractivity (Wildman–Crippen MR) is 442 cm³/mol. The minimum absolute atomic E-state index is 0.0380. The van der Waals surface area contributed by atoms with Crippen LogP contribution in [0, 0.1) is 0 Å². The molecule has 0 fully saturated rings. The second-order valence-corrected chi connectivity index (χ2v) is 34.9. The van der Waals surface area contributed by atoms with Gasteiger partial charge >= 0.3 is 19.8 Å². The Hall–Kier alpha value is -0.990. The van der Waals surface area contributed by atoms with Gasteiger partial charge in [-0.2, -0.15) is 0 Å². The van der Waals surface area contributed by atoms with Crippen LogP contribution < -0.4 is 0 Å². The molecule has 0 aromatic heterocycles. The zero-order valence-electron chi connectivity index (χ0n) is 69.5. The lowest BCUT2D eigenvalue weighted by Crippen LogP contribution is -2.37. The molecule has 0 rings (SSSR count). The molecule has 101 heavy (non-hydrogen) atoms. The highest BCUT2D eigenvalue weighted by molar-refractivity contribution is 7.47. The van der Waals surface area contributed by atoms with Crippen molar-refractivity contribution in [3.63, 3.8) is 0 Å². The molecule has 0 aliphatic heterocycles. The van der Waals surface area contributed by atoms with Gasteiger partial charge in [-0.1, -0.05) is 495 Å². The van der Waals surface area contributed by atoms with Crippen LogP contribution in [0.4, 0.5) is 0 Å². The summed E-state index contributed by atoms with van der Waals surface area (Å²) in [7, 11) is 1.52. The second-order valence-electron chi connectivity index (χ2n) is 33.4. The van der Waals surface area contributed by atoms with Crippen LogP contribution in [0.25, 0.3) is 0 Å². The Labute approximate surface area is 633 Å². The number of quaternary nitrogens is 1. The third-order valence-corrected chi connectivity index (χ3v) is 22.9. The molecule has 0 saturated heterocycles. The number of likely N-dealkylation sites (N-methyl/N-ethyl adjacent to an activating group) is 1. The number of unbranched alkanes of at least 4 members (excludes halogenated alkanes) is 75. The van der Waals surface area contributed by atoms with Crippen molar-refractivity contribution in [2.45, 2.75) is 527 Å². The average molecular weight is 1450 g/mol. The zero-order valence-corrected chi connectivity index (χ0v) is 70.4. The number of carbonyl (C=O) groups is 2. The van der Waals surface area contributed by atoms with E-state index < -0.39 is 26.5 Å². The molecule has 0 bridgehead atoms. The van der Waals surface area contributed by atoms with Gasteiger partial charge in [-0.15, -0.1) is 0 Å². The minimum atomic E-state index is -4.39. The summed E-state index contributed by atoms with van der Waals surface area (Å²) in [6.45, 7) is 4.56. The first kappa shape index (κ1) is 100. The lowest BCUT2D eigenvalue weighted by atomic mass is 10.0. The summed E-state index contributed by atoms with van der Waals surface area (Å²) in [5, 5.41) is 0. The van der Waals surface area contributed by atoms with Crippen molar-refractivity contribution in [3.8, 4) is 0 Å². The topological polar surface area (TPSA) is 108 Å². The first-order valence-corrected chi connectivity index (χ1v) is 47.8. The molecule has 0 radical (unpaired) electrons. The molecular weight excluding hydrogens is 1270 g/mol. The molecule has 0 aliphatic rings. The Morgan fingerprint density at radius 2 is 0.446 bits per heavy atom. The zero-order chi connectivity index (χ0) is 73.3. The number of phosphoric acid groups is 1. The Balaban J connectivity index is 3.80. The number of hydrogen-bond donors (Lipinski definition) is 1. The summed E-state index contributed by atoms with van der Waals surface area (Å²) in [5.74, 6) is -0.761. The van der Waals surface area contributed by atoms with E-state index in [1.54, 1.807) is 0 Å². The van der Waals surface area contributed by atoms with Crippen LogP contribution in [-0.4, -0.2) is 74.9 Å². The van der Waals surface area contributed by atoms with Gasteiger partial charge in [0, 0.05) is 12.8 Å². The highest BCUT2D eigenvalue weighted by Crippen LogP contribution is 2.43. The third-order valence-electron chi connectivity index (χ3n) is 21.9. The van der Waals surface area contributed by atoms with Crippen molar-refractivity contribution in [1.82, 2.24) is 0 Å². The fourth-order valence-corrected chi connectivity index (χ4v) is 15.6. The van der Waals surface area contributed by atoms with E-state index in [9.17, 15) is 19.0 Å². The highest BCUT2D eigenvalue weighted by atomic mass is 31.2. The van der Waals surface area contributed by atoms with E-state index in [1.807, 2.05) is 21.1 Å². The van der Waals surface area contributed by atoms with Crippen LogP contribution in [0.1, 0.15) is 521 Å². The van der Waals surface area contributed by atoms with Gasteiger partial charge in [0.2, 0.25) is 0 Å². The molecule has 0 amide bonds. The minimum Gasteiger partial charge on any atom is -0.462 e. The Bertz CT molecular complexity index is 1660. The quantitative estimate of drug-likeness (QED) is 0.0278. The lowest BCUT2D eigenvalue weighted by molar-refractivity contribution is -0.870. The van der Waals surface area contributed by atoms with Gasteiger partial charge in [0.15, 0.2) is 6.10 Å². The van der Waals surface area contributed by atoms with Gasteiger partial charge in [-0.3, -0.25) is 18.6 Å². The van der Waals surface area contributed by atoms with Gasteiger partial charge in [0.1, 0.15) is 19.8 Å². The van der Waals surface area contributed by atoms with Crippen LogP contribution in [0.15, 0.2) is 0 Å². The summed E-state index contributed by atoms with van der Waals surface area (Å²) in [6, 6.07) is 0. The van der Waals surface area contributed by atoms with Gasteiger partial charge in [-0.25, -0.2) is 4.57 Å². The molecule has 0 spiro atoms. The van der Waals surface area contributed by atoms with Crippen molar-refractivity contribution < 1.29 is 42.1 Å². The average Bonchev–Trinajstić information content (AvgIpc) is 1.02. The van der Waals surface area contributed by atoms with E-state index in [-0.39, 0.29) is 25.6 Å². The maximum absolute atomic E-state index is 13.0. The first-order valence-electron chi connectivity index (χ1n) is 46.3. The monoisotopic (exact) mass is 1450 g/mol. The molecule has 2 unspecified atom stereocenters. The van der Waals surface area contributed by atoms with E-state index in [2.05, 4.69) is 13.8 Å². The Kier molecular flexibility index (Phi) is 82.2. The summed E-state index contributed by atoms with van der Waals surface area (Å²) in [6.07, 6.45) is 106. The molecule has 0 heterocycles. The molecule has 9 nitrogen and oxygen atoms in total. The summed E-state index contributed by atoms with van der Waals surface area (Å²) in [5.41, 5.74) is 0. The second kappa shape index (κ2) is 83.1. The van der Waals surface area contributed by atoms with E-state index >= 15 is 0 Å². The normalized spacial score (nSPS) is 12.8. The van der Waals surface area contributed by atoms with Gasteiger partial charge in [0.25, 0.3) is 0 Å². The molecule has 0 aliphatic carbocycles. The molecule has 2 atom stereocenters. The molecule has 10 heteroatoms. The lowest BCUT2D eigenvalue weighted by Gasteiger charge is -2.24. The number of carbonyl (C=O) groups excluding carboxylic acids is 2.